The third kappa shape index (κ3) is 1.76. The van der Waals surface area contributed by atoms with Crippen molar-refractivity contribution in [2.75, 3.05) is 0 Å². The summed E-state index contributed by atoms with van der Waals surface area (Å²) in [5.41, 5.74) is 3.54. The predicted octanol–water partition coefficient (Wildman–Crippen LogP) is 3.93. The maximum Gasteiger partial charge on any atom is 0.0653 e. The fourth-order valence-corrected chi connectivity index (χ4v) is 2.83. The normalized spacial score (nSPS) is 18.5. The Bertz CT molecular complexity index is 541. The minimum atomic E-state index is 0.413. The van der Waals surface area contributed by atoms with Crippen LogP contribution in [0.4, 0.5) is 0 Å². The van der Waals surface area contributed by atoms with Gasteiger partial charge < -0.3 is 0 Å². The number of aromatic nitrogens is 2. The number of nitrogens with one attached hydrogen (secondary N) is 1. The molecule has 1 aromatic heterocycles. The van der Waals surface area contributed by atoms with Crippen molar-refractivity contribution in [1.82, 2.24) is 10.2 Å². The third-order valence-corrected chi connectivity index (χ3v) is 4.49. The number of hydrogen-bond acceptors (Lipinski definition) is 1. The van der Waals surface area contributed by atoms with Crippen molar-refractivity contribution in [3.05, 3.63) is 30.0 Å². The number of fused-ring (bicyclic) bond motifs is 1. The van der Waals surface area contributed by atoms with Gasteiger partial charge in [0.1, 0.15) is 0 Å². The minimum absolute atomic E-state index is 0.413. The number of benzene rings is 1. The summed E-state index contributed by atoms with van der Waals surface area (Å²) in [4.78, 5) is 0. The van der Waals surface area contributed by atoms with E-state index in [9.17, 15) is 0 Å². The van der Waals surface area contributed by atoms with E-state index in [1.54, 1.807) is 0 Å². The Morgan fingerprint density at radius 1 is 1.29 bits per heavy atom. The second-order valence-corrected chi connectivity index (χ2v) is 6.50. The smallest absolute Gasteiger partial charge is 0.0653 e. The van der Waals surface area contributed by atoms with Gasteiger partial charge in [0, 0.05) is 5.39 Å². The molecule has 0 bridgehead atoms. The van der Waals surface area contributed by atoms with Crippen molar-refractivity contribution in [3.63, 3.8) is 0 Å². The van der Waals surface area contributed by atoms with Crippen LogP contribution < -0.4 is 0 Å². The van der Waals surface area contributed by atoms with Gasteiger partial charge in [-0.3, -0.25) is 5.10 Å². The highest BCUT2D eigenvalue weighted by atomic mass is 15.1. The molecule has 1 N–H and O–H groups in total. The molecule has 0 radical (unpaired) electrons. The fraction of sp³-hybridized carbons (Fsp3) is 0.533. The van der Waals surface area contributed by atoms with Gasteiger partial charge in [-0.2, -0.15) is 5.10 Å². The van der Waals surface area contributed by atoms with E-state index < -0.39 is 0 Å². The van der Waals surface area contributed by atoms with Crippen molar-refractivity contribution in [3.8, 4) is 0 Å². The van der Waals surface area contributed by atoms with Crippen molar-refractivity contribution in [2.24, 2.45) is 10.8 Å². The van der Waals surface area contributed by atoms with Gasteiger partial charge >= 0.3 is 0 Å². The van der Waals surface area contributed by atoms with Crippen LogP contribution in [0.25, 0.3) is 10.9 Å². The lowest BCUT2D eigenvalue weighted by Crippen LogP contribution is -2.24. The Morgan fingerprint density at radius 3 is 2.71 bits per heavy atom. The van der Waals surface area contributed by atoms with E-state index in [0.29, 0.717) is 10.8 Å². The summed E-state index contributed by atoms with van der Waals surface area (Å²) < 4.78 is 0. The Balaban J connectivity index is 1.90. The standard InChI is InChI=1S/C15H20N2/c1-14(2,3)15(6-7-15)9-11-4-5-12-10-16-17-13(12)8-11/h4-5,8,10H,6-7,9H2,1-3H3,(H,16,17). The maximum absolute atomic E-state index is 4.08. The molecule has 0 saturated heterocycles. The molecule has 1 aliphatic carbocycles. The van der Waals surface area contributed by atoms with Crippen LogP contribution in [0.2, 0.25) is 0 Å². The van der Waals surface area contributed by atoms with Gasteiger partial charge in [-0.25, -0.2) is 0 Å². The van der Waals surface area contributed by atoms with E-state index in [0.717, 1.165) is 5.52 Å². The highest BCUT2D eigenvalue weighted by molar-refractivity contribution is 5.78. The first-order valence-corrected chi connectivity index (χ1v) is 6.42. The topological polar surface area (TPSA) is 28.7 Å². The molecule has 1 fully saturated rings. The molecule has 1 aromatic carbocycles. The zero-order chi connectivity index (χ0) is 12.1. The quantitative estimate of drug-likeness (QED) is 0.829. The zero-order valence-corrected chi connectivity index (χ0v) is 10.9. The summed E-state index contributed by atoms with van der Waals surface area (Å²) in [6, 6.07) is 6.69. The highest BCUT2D eigenvalue weighted by Crippen LogP contribution is 2.60. The molecule has 17 heavy (non-hydrogen) atoms. The molecule has 2 nitrogen and oxygen atoms in total. The maximum atomic E-state index is 4.08. The Kier molecular flexibility index (Phi) is 2.13. The van der Waals surface area contributed by atoms with Crippen molar-refractivity contribution in [2.45, 2.75) is 40.0 Å². The third-order valence-electron chi connectivity index (χ3n) is 4.49. The van der Waals surface area contributed by atoms with E-state index in [-0.39, 0.29) is 0 Å². The molecule has 3 rings (SSSR count). The lowest BCUT2D eigenvalue weighted by Gasteiger charge is -2.31. The molecule has 0 aliphatic heterocycles. The molecule has 0 amide bonds. The van der Waals surface area contributed by atoms with Gasteiger partial charge in [-0.1, -0.05) is 32.9 Å². The first-order chi connectivity index (χ1) is 8.00. The van der Waals surface area contributed by atoms with Gasteiger partial charge in [0.2, 0.25) is 0 Å². The summed E-state index contributed by atoms with van der Waals surface area (Å²) >= 11 is 0. The van der Waals surface area contributed by atoms with Crippen molar-refractivity contribution >= 4 is 10.9 Å². The van der Waals surface area contributed by atoms with Crippen LogP contribution in [0.5, 0.6) is 0 Å². The number of H-pyrrole nitrogens is 1. The Morgan fingerprint density at radius 2 is 2.06 bits per heavy atom. The fourth-order valence-electron chi connectivity index (χ4n) is 2.83. The van der Waals surface area contributed by atoms with Crippen LogP contribution in [0.1, 0.15) is 39.2 Å². The molecule has 0 unspecified atom stereocenters. The van der Waals surface area contributed by atoms with Crippen molar-refractivity contribution in [1.29, 1.82) is 0 Å². The molecule has 90 valence electrons. The SMILES string of the molecule is CC(C)(C)C1(Cc2ccc3cn[nH]c3c2)CC1. The minimum Gasteiger partial charge on any atom is -0.278 e. The largest absolute Gasteiger partial charge is 0.278 e. The molecule has 0 atom stereocenters. The average molecular weight is 228 g/mol. The predicted molar refractivity (Wildman–Crippen MR) is 70.9 cm³/mol. The monoisotopic (exact) mass is 228 g/mol. The van der Waals surface area contributed by atoms with Crippen LogP contribution in [-0.4, -0.2) is 10.2 Å². The van der Waals surface area contributed by atoms with E-state index in [2.05, 4.69) is 49.2 Å². The summed E-state index contributed by atoms with van der Waals surface area (Å²) in [7, 11) is 0. The number of hydrogen-bond donors (Lipinski definition) is 1. The molecule has 2 aromatic rings. The van der Waals surface area contributed by atoms with Gasteiger partial charge in [0.25, 0.3) is 0 Å². The van der Waals surface area contributed by atoms with Gasteiger partial charge in [0.15, 0.2) is 0 Å². The van der Waals surface area contributed by atoms with Gasteiger partial charge in [-0.05, 0) is 41.7 Å². The number of nitrogens with zero attached hydrogens (tertiary/aromatic N) is 1. The van der Waals surface area contributed by atoms with E-state index in [1.807, 2.05) is 6.20 Å². The highest BCUT2D eigenvalue weighted by Gasteiger charge is 2.51. The van der Waals surface area contributed by atoms with Gasteiger partial charge in [0.05, 0.1) is 11.7 Å². The second kappa shape index (κ2) is 3.34. The van der Waals surface area contributed by atoms with E-state index in [1.165, 1.54) is 30.2 Å². The molecule has 2 heteroatoms. The van der Waals surface area contributed by atoms with Crippen LogP contribution in [0.15, 0.2) is 24.4 Å². The summed E-state index contributed by atoms with van der Waals surface area (Å²) in [5.74, 6) is 0. The van der Waals surface area contributed by atoms with Crippen LogP contribution in [0.3, 0.4) is 0 Å². The van der Waals surface area contributed by atoms with E-state index in [4.69, 9.17) is 0 Å². The Hall–Kier alpha value is -1.31. The van der Waals surface area contributed by atoms with Crippen LogP contribution >= 0.6 is 0 Å². The molecule has 1 aliphatic rings. The lowest BCUT2D eigenvalue weighted by atomic mass is 9.74. The first-order valence-electron chi connectivity index (χ1n) is 6.42. The van der Waals surface area contributed by atoms with E-state index >= 15 is 0 Å². The molecular formula is C15H20N2. The number of rotatable bonds is 2. The average Bonchev–Trinajstić information content (AvgIpc) is 2.90. The summed E-state index contributed by atoms with van der Waals surface area (Å²) in [5, 5.41) is 8.34. The lowest BCUT2D eigenvalue weighted by molar-refractivity contribution is 0.212. The molecule has 1 saturated carbocycles. The van der Waals surface area contributed by atoms with Crippen LogP contribution in [0, 0.1) is 10.8 Å². The Labute approximate surface area is 102 Å². The van der Waals surface area contributed by atoms with Crippen LogP contribution in [-0.2, 0) is 6.42 Å². The summed E-state index contributed by atoms with van der Waals surface area (Å²) in [6.07, 6.45) is 5.83. The summed E-state index contributed by atoms with van der Waals surface area (Å²) in [6.45, 7) is 7.11. The second-order valence-electron chi connectivity index (χ2n) is 6.50. The molecule has 1 heterocycles. The molecule has 0 spiro atoms. The molecular weight excluding hydrogens is 208 g/mol. The first kappa shape index (κ1) is 10.8. The number of aromatic amines is 1. The van der Waals surface area contributed by atoms with Crippen molar-refractivity contribution < 1.29 is 0 Å². The van der Waals surface area contributed by atoms with Gasteiger partial charge in [-0.15, -0.1) is 0 Å². The zero-order valence-electron chi connectivity index (χ0n) is 10.9.